The number of nitrogens with zero attached hydrogens (tertiary/aromatic N) is 2. The number of anilines is 1. The standard InChI is InChI=1S/C20H30N4O/c1-4-7-8-17-9-11-19(12-10-17)23-20(25)18(15-21)16-22-13-14-24(5-2)6-3/h9-12,16,22H,4-8,13-14H2,1-3H3,(H,23,25)/b18-16-. The first kappa shape index (κ1) is 20.7. The Morgan fingerprint density at radius 3 is 2.44 bits per heavy atom. The Balaban J connectivity index is 2.52. The SMILES string of the molecule is CCCCc1ccc(NC(=O)/C(C#N)=C\NCCN(CC)CC)cc1. The number of rotatable bonds is 11. The van der Waals surface area contributed by atoms with Crippen molar-refractivity contribution in [1.82, 2.24) is 10.2 Å². The minimum atomic E-state index is -0.390. The fraction of sp³-hybridized carbons (Fsp3) is 0.500. The third-order valence-electron chi connectivity index (χ3n) is 4.11. The number of likely N-dealkylation sites (N-methyl/N-ethyl adjacent to an activating group) is 1. The zero-order valence-electron chi connectivity index (χ0n) is 15.6. The van der Waals surface area contributed by atoms with Crippen LogP contribution in [0.4, 0.5) is 5.69 Å². The highest BCUT2D eigenvalue weighted by Crippen LogP contribution is 2.12. The number of carbonyl (C=O) groups excluding carboxylic acids is 1. The molecule has 5 nitrogen and oxygen atoms in total. The molecule has 0 saturated heterocycles. The molecule has 0 aliphatic heterocycles. The molecule has 0 fully saturated rings. The first-order valence-electron chi connectivity index (χ1n) is 9.10. The first-order valence-corrected chi connectivity index (χ1v) is 9.10. The molecule has 0 spiro atoms. The molecule has 2 N–H and O–H groups in total. The molecule has 0 aliphatic carbocycles. The molecule has 0 heterocycles. The number of carbonyl (C=O) groups is 1. The van der Waals surface area contributed by atoms with Gasteiger partial charge in [-0.05, 0) is 43.6 Å². The van der Waals surface area contributed by atoms with Crippen LogP contribution in [0.3, 0.4) is 0 Å². The highest BCUT2D eigenvalue weighted by Gasteiger charge is 2.09. The number of nitriles is 1. The van der Waals surface area contributed by atoms with Gasteiger partial charge < -0.3 is 15.5 Å². The number of nitrogens with one attached hydrogen (secondary N) is 2. The van der Waals surface area contributed by atoms with E-state index in [2.05, 4.69) is 36.3 Å². The molecule has 0 saturated carbocycles. The van der Waals surface area contributed by atoms with Crippen LogP contribution in [-0.4, -0.2) is 37.0 Å². The van der Waals surface area contributed by atoms with Gasteiger partial charge >= 0.3 is 0 Å². The fourth-order valence-electron chi connectivity index (χ4n) is 2.42. The lowest BCUT2D eigenvalue weighted by Gasteiger charge is -2.17. The summed E-state index contributed by atoms with van der Waals surface area (Å²) >= 11 is 0. The van der Waals surface area contributed by atoms with Crippen molar-refractivity contribution in [3.05, 3.63) is 41.6 Å². The Bertz CT molecular complexity index is 583. The predicted octanol–water partition coefficient (Wildman–Crippen LogP) is 3.31. The lowest BCUT2D eigenvalue weighted by Crippen LogP contribution is -2.30. The van der Waals surface area contributed by atoms with E-state index in [1.54, 1.807) is 0 Å². The molecule has 0 atom stereocenters. The van der Waals surface area contributed by atoms with Crippen molar-refractivity contribution in [2.45, 2.75) is 40.0 Å². The van der Waals surface area contributed by atoms with Gasteiger partial charge in [0.1, 0.15) is 11.6 Å². The van der Waals surface area contributed by atoms with E-state index in [0.717, 1.165) is 38.9 Å². The molecule has 0 unspecified atom stereocenters. The number of hydrogen-bond acceptors (Lipinski definition) is 4. The van der Waals surface area contributed by atoms with Crippen LogP contribution in [-0.2, 0) is 11.2 Å². The molecule has 25 heavy (non-hydrogen) atoms. The Morgan fingerprint density at radius 1 is 1.20 bits per heavy atom. The average Bonchev–Trinajstić information content (AvgIpc) is 2.64. The van der Waals surface area contributed by atoms with Crippen molar-refractivity contribution in [1.29, 1.82) is 5.26 Å². The normalized spacial score (nSPS) is 11.2. The molecule has 5 heteroatoms. The van der Waals surface area contributed by atoms with Crippen LogP contribution in [0.5, 0.6) is 0 Å². The van der Waals surface area contributed by atoms with E-state index in [-0.39, 0.29) is 11.5 Å². The van der Waals surface area contributed by atoms with Crippen molar-refractivity contribution < 1.29 is 4.79 Å². The molecule has 136 valence electrons. The maximum atomic E-state index is 12.2. The summed E-state index contributed by atoms with van der Waals surface area (Å²) in [6.45, 7) is 9.95. The van der Waals surface area contributed by atoms with Crippen LogP contribution in [0.2, 0.25) is 0 Å². The Hall–Kier alpha value is -2.32. The fourth-order valence-corrected chi connectivity index (χ4v) is 2.42. The second-order valence-electron chi connectivity index (χ2n) is 5.91. The summed E-state index contributed by atoms with van der Waals surface area (Å²) < 4.78 is 0. The van der Waals surface area contributed by atoms with Gasteiger partial charge in [0.2, 0.25) is 0 Å². The van der Waals surface area contributed by atoms with Crippen molar-refractivity contribution in [2.75, 3.05) is 31.5 Å². The van der Waals surface area contributed by atoms with Gasteiger partial charge in [0.25, 0.3) is 5.91 Å². The van der Waals surface area contributed by atoms with E-state index in [1.165, 1.54) is 11.8 Å². The number of aryl methyl sites for hydroxylation is 1. The summed E-state index contributed by atoms with van der Waals surface area (Å²) in [5.74, 6) is -0.390. The quantitative estimate of drug-likeness (QED) is 0.368. The van der Waals surface area contributed by atoms with Gasteiger partial charge in [-0.1, -0.05) is 39.3 Å². The Morgan fingerprint density at radius 2 is 1.88 bits per heavy atom. The van der Waals surface area contributed by atoms with Gasteiger partial charge in [-0.3, -0.25) is 4.79 Å². The molecule has 1 aromatic carbocycles. The second kappa shape index (κ2) is 12.1. The van der Waals surface area contributed by atoms with E-state index >= 15 is 0 Å². The van der Waals surface area contributed by atoms with Crippen LogP contribution in [0, 0.1) is 11.3 Å². The van der Waals surface area contributed by atoms with Crippen LogP contribution in [0.25, 0.3) is 0 Å². The third kappa shape index (κ3) is 7.86. The summed E-state index contributed by atoms with van der Waals surface area (Å²) in [5.41, 5.74) is 2.04. The maximum Gasteiger partial charge on any atom is 0.267 e. The van der Waals surface area contributed by atoms with Crippen LogP contribution in [0.15, 0.2) is 36.0 Å². The molecule has 1 amide bonds. The minimum Gasteiger partial charge on any atom is -0.388 e. The van der Waals surface area contributed by atoms with Gasteiger partial charge in [-0.25, -0.2) is 0 Å². The number of unbranched alkanes of at least 4 members (excludes halogenated alkanes) is 1. The number of hydrogen-bond donors (Lipinski definition) is 2. The number of benzene rings is 1. The lowest BCUT2D eigenvalue weighted by atomic mass is 10.1. The van der Waals surface area contributed by atoms with Crippen molar-refractivity contribution >= 4 is 11.6 Å². The maximum absolute atomic E-state index is 12.2. The monoisotopic (exact) mass is 342 g/mol. The molecule has 1 rings (SSSR count). The zero-order chi connectivity index (χ0) is 18.5. The van der Waals surface area contributed by atoms with Crippen molar-refractivity contribution in [3.63, 3.8) is 0 Å². The van der Waals surface area contributed by atoms with E-state index in [9.17, 15) is 10.1 Å². The molecule has 0 aromatic heterocycles. The molecule has 0 aliphatic rings. The van der Waals surface area contributed by atoms with Crippen LogP contribution >= 0.6 is 0 Å². The summed E-state index contributed by atoms with van der Waals surface area (Å²) in [4.78, 5) is 14.5. The van der Waals surface area contributed by atoms with Crippen molar-refractivity contribution in [3.8, 4) is 6.07 Å². The molecule has 1 aromatic rings. The van der Waals surface area contributed by atoms with Crippen LogP contribution in [0.1, 0.15) is 39.2 Å². The third-order valence-corrected chi connectivity index (χ3v) is 4.11. The lowest BCUT2D eigenvalue weighted by molar-refractivity contribution is -0.112. The van der Waals surface area contributed by atoms with E-state index in [0.29, 0.717) is 12.2 Å². The van der Waals surface area contributed by atoms with Gasteiger partial charge in [-0.15, -0.1) is 0 Å². The van der Waals surface area contributed by atoms with Gasteiger partial charge in [0.05, 0.1) is 0 Å². The van der Waals surface area contributed by atoms with E-state index in [4.69, 9.17) is 0 Å². The summed E-state index contributed by atoms with van der Waals surface area (Å²) in [6.07, 6.45) is 4.86. The number of amides is 1. The highest BCUT2D eigenvalue weighted by atomic mass is 16.1. The predicted molar refractivity (Wildman–Crippen MR) is 103 cm³/mol. The first-order chi connectivity index (χ1) is 12.1. The second-order valence-corrected chi connectivity index (χ2v) is 5.91. The average molecular weight is 342 g/mol. The van der Waals surface area contributed by atoms with Crippen LogP contribution < -0.4 is 10.6 Å². The minimum absolute atomic E-state index is 0.0783. The molecular formula is C20H30N4O. The summed E-state index contributed by atoms with van der Waals surface area (Å²) in [5, 5.41) is 15.0. The summed E-state index contributed by atoms with van der Waals surface area (Å²) in [6, 6.07) is 9.75. The smallest absolute Gasteiger partial charge is 0.267 e. The van der Waals surface area contributed by atoms with Crippen molar-refractivity contribution in [2.24, 2.45) is 0 Å². The van der Waals surface area contributed by atoms with E-state index in [1.807, 2.05) is 30.3 Å². The molecule has 0 bridgehead atoms. The Kier molecular flexibility index (Phi) is 10.0. The van der Waals surface area contributed by atoms with Gasteiger partial charge in [0.15, 0.2) is 0 Å². The van der Waals surface area contributed by atoms with Gasteiger partial charge in [0, 0.05) is 25.0 Å². The topological polar surface area (TPSA) is 68.2 Å². The Labute approximate surface area is 151 Å². The summed E-state index contributed by atoms with van der Waals surface area (Å²) in [7, 11) is 0. The zero-order valence-corrected chi connectivity index (χ0v) is 15.6. The highest BCUT2D eigenvalue weighted by molar-refractivity contribution is 6.06. The van der Waals surface area contributed by atoms with Gasteiger partial charge in [-0.2, -0.15) is 5.26 Å². The molecule has 0 radical (unpaired) electrons. The largest absolute Gasteiger partial charge is 0.388 e. The molecular weight excluding hydrogens is 312 g/mol. The van der Waals surface area contributed by atoms with E-state index < -0.39 is 0 Å².